The van der Waals surface area contributed by atoms with Crippen LogP contribution in [0.4, 0.5) is 0 Å². The molecule has 0 atom stereocenters. The molecule has 0 aromatic carbocycles. The van der Waals surface area contributed by atoms with Gasteiger partial charge in [-0.1, -0.05) is 6.07 Å². The number of rotatable bonds is 3. The van der Waals surface area contributed by atoms with Gasteiger partial charge >= 0.3 is 5.97 Å². The molecule has 0 unspecified atom stereocenters. The first-order valence-electron chi connectivity index (χ1n) is 6.83. The van der Waals surface area contributed by atoms with Crippen LogP contribution < -0.4 is 5.56 Å². The number of aromatic amines is 1. The van der Waals surface area contributed by atoms with Crippen LogP contribution in [0.3, 0.4) is 0 Å². The Labute approximate surface area is 125 Å². The number of hydrogen-bond donors (Lipinski definition) is 1. The van der Waals surface area contributed by atoms with Crippen molar-refractivity contribution in [3.05, 3.63) is 52.1 Å². The van der Waals surface area contributed by atoms with E-state index >= 15 is 0 Å². The summed E-state index contributed by atoms with van der Waals surface area (Å²) in [6, 6.07) is 6.74. The molecule has 3 heterocycles. The summed E-state index contributed by atoms with van der Waals surface area (Å²) in [6.07, 6.45) is 1.61. The van der Waals surface area contributed by atoms with Gasteiger partial charge in [-0.15, -0.1) is 0 Å². The smallest absolute Gasteiger partial charge is 0.359 e. The molecule has 3 aromatic heterocycles. The van der Waals surface area contributed by atoms with Gasteiger partial charge in [-0.3, -0.25) is 4.79 Å². The molecule has 0 saturated carbocycles. The molecule has 3 aromatic rings. The molecule has 0 bridgehead atoms. The van der Waals surface area contributed by atoms with Crippen LogP contribution >= 0.6 is 0 Å². The van der Waals surface area contributed by atoms with Crippen LogP contribution in [-0.2, 0) is 4.74 Å². The van der Waals surface area contributed by atoms with E-state index in [1.807, 2.05) is 0 Å². The normalized spacial score (nSPS) is 10.8. The van der Waals surface area contributed by atoms with Gasteiger partial charge in [-0.05, 0) is 31.5 Å². The zero-order valence-corrected chi connectivity index (χ0v) is 12.2. The maximum absolute atomic E-state index is 12.1. The molecule has 7 nitrogen and oxygen atoms in total. The summed E-state index contributed by atoms with van der Waals surface area (Å²) in [5.74, 6) is -0.0263. The van der Waals surface area contributed by atoms with Gasteiger partial charge in [0.1, 0.15) is 5.65 Å². The molecular formula is C15H14N4O3. The second kappa shape index (κ2) is 5.44. The Balaban J connectivity index is 2.34. The van der Waals surface area contributed by atoms with Gasteiger partial charge < -0.3 is 9.72 Å². The number of esters is 1. The maximum Gasteiger partial charge on any atom is 0.359 e. The van der Waals surface area contributed by atoms with Crippen LogP contribution in [0.25, 0.3) is 16.9 Å². The predicted octanol–water partition coefficient (Wildman–Crippen LogP) is 1.59. The quantitative estimate of drug-likeness (QED) is 0.742. The molecule has 0 radical (unpaired) electrons. The third-order valence-corrected chi connectivity index (χ3v) is 3.20. The van der Waals surface area contributed by atoms with Crippen LogP contribution in [0, 0.1) is 6.92 Å². The van der Waals surface area contributed by atoms with Crippen molar-refractivity contribution in [1.29, 1.82) is 0 Å². The third-order valence-electron chi connectivity index (χ3n) is 3.20. The Bertz CT molecular complexity index is 896. The fourth-order valence-corrected chi connectivity index (χ4v) is 2.32. The molecule has 0 aliphatic heterocycles. The van der Waals surface area contributed by atoms with Gasteiger partial charge in [-0.25, -0.2) is 9.78 Å². The molecule has 0 fully saturated rings. The number of H-pyrrole nitrogens is 1. The Morgan fingerprint density at radius 3 is 2.91 bits per heavy atom. The van der Waals surface area contributed by atoms with Crippen LogP contribution in [0.1, 0.15) is 23.0 Å². The van der Waals surface area contributed by atoms with E-state index in [4.69, 9.17) is 4.74 Å². The summed E-state index contributed by atoms with van der Waals surface area (Å²) >= 11 is 0. The number of nitrogens with one attached hydrogen (secondary N) is 1. The second-order valence-corrected chi connectivity index (χ2v) is 4.71. The van der Waals surface area contributed by atoms with Crippen molar-refractivity contribution in [1.82, 2.24) is 19.7 Å². The summed E-state index contributed by atoms with van der Waals surface area (Å²) in [6.45, 7) is 3.73. The first-order valence-corrected chi connectivity index (χ1v) is 6.83. The minimum Gasteiger partial charge on any atom is -0.461 e. The van der Waals surface area contributed by atoms with Gasteiger partial charge in [0.2, 0.25) is 5.56 Å². The summed E-state index contributed by atoms with van der Waals surface area (Å²) in [5.41, 5.74) is 0.976. The van der Waals surface area contributed by atoms with Gasteiger partial charge in [0.25, 0.3) is 0 Å². The molecule has 0 spiro atoms. The predicted molar refractivity (Wildman–Crippen MR) is 80.2 cm³/mol. The number of pyridine rings is 2. The largest absolute Gasteiger partial charge is 0.461 e. The number of aryl methyl sites for hydroxylation is 1. The lowest BCUT2D eigenvalue weighted by atomic mass is 10.1. The average Bonchev–Trinajstić information content (AvgIpc) is 2.88. The standard InChI is InChI=1S/C15H14N4O3/c1-3-22-15(21)13-12-9(2)8-11(20)17-14(12)19(18-13)10-6-4-5-7-16-10/h4-8H,3H2,1-2H3,(H,17,20). The SMILES string of the molecule is CCOC(=O)c1nn(-c2ccccn2)c2[nH]c(=O)cc(C)c12. The molecule has 112 valence electrons. The first kappa shape index (κ1) is 14.0. The number of fused-ring (bicyclic) bond motifs is 1. The topological polar surface area (TPSA) is 89.9 Å². The molecule has 22 heavy (non-hydrogen) atoms. The van der Waals surface area contributed by atoms with E-state index in [0.717, 1.165) is 0 Å². The molecule has 0 saturated heterocycles. The highest BCUT2D eigenvalue weighted by molar-refractivity contribution is 6.02. The van der Waals surface area contributed by atoms with E-state index in [2.05, 4.69) is 15.1 Å². The van der Waals surface area contributed by atoms with Crippen molar-refractivity contribution in [2.75, 3.05) is 6.61 Å². The summed E-state index contributed by atoms with van der Waals surface area (Å²) < 4.78 is 6.48. The minimum absolute atomic E-state index is 0.163. The lowest BCUT2D eigenvalue weighted by molar-refractivity contribution is 0.0521. The van der Waals surface area contributed by atoms with E-state index in [-0.39, 0.29) is 17.9 Å². The molecule has 1 N–H and O–H groups in total. The zero-order chi connectivity index (χ0) is 15.7. The number of carbonyl (C=O) groups is 1. The number of aromatic nitrogens is 4. The zero-order valence-electron chi connectivity index (χ0n) is 12.2. The monoisotopic (exact) mass is 298 g/mol. The molecule has 0 aliphatic carbocycles. The van der Waals surface area contributed by atoms with Crippen LogP contribution in [0.15, 0.2) is 35.3 Å². The van der Waals surface area contributed by atoms with Crippen molar-refractivity contribution in [3.8, 4) is 5.82 Å². The van der Waals surface area contributed by atoms with Crippen molar-refractivity contribution >= 4 is 17.0 Å². The minimum atomic E-state index is -0.530. The molecular weight excluding hydrogens is 284 g/mol. The van der Waals surface area contributed by atoms with E-state index in [1.165, 1.54) is 10.7 Å². The highest BCUT2D eigenvalue weighted by Crippen LogP contribution is 2.22. The van der Waals surface area contributed by atoms with Gasteiger partial charge in [0, 0.05) is 12.3 Å². The molecule has 3 rings (SSSR count). The van der Waals surface area contributed by atoms with E-state index in [1.54, 1.807) is 38.2 Å². The summed E-state index contributed by atoms with van der Waals surface area (Å²) in [4.78, 5) is 30.8. The van der Waals surface area contributed by atoms with Crippen LogP contribution in [0.2, 0.25) is 0 Å². The fourth-order valence-electron chi connectivity index (χ4n) is 2.32. The van der Waals surface area contributed by atoms with Gasteiger partial charge in [-0.2, -0.15) is 9.78 Å². The van der Waals surface area contributed by atoms with E-state index in [0.29, 0.717) is 22.4 Å². The third kappa shape index (κ3) is 2.26. The van der Waals surface area contributed by atoms with Crippen molar-refractivity contribution in [2.24, 2.45) is 0 Å². The Kier molecular flexibility index (Phi) is 3.46. The average molecular weight is 298 g/mol. The van der Waals surface area contributed by atoms with Crippen molar-refractivity contribution in [3.63, 3.8) is 0 Å². The Morgan fingerprint density at radius 2 is 2.23 bits per heavy atom. The lowest BCUT2D eigenvalue weighted by Crippen LogP contribution is -2.08. The van der Waals surface area contributed by atoms with Gasteiger partial charge in [0.05, 0.1) is 12.0 Å². The molecule has 0 aliphatic rings. The number of hydrogen-bond acceptors (Lipinski definition) is 5. The fraction of sp³-hybridized carbons (Fsp3) is 0.200. The van der Waals surface area contributed by atoms with Crippen molar-refractivity contribution in [2.45, 2.75) is 13.8 Å². The highest BCUT2D eigenvalue weighted by atomic mass is 16.5. The maximum atomic E-state index is 12.1. The second-order valence-electron chi connectivity index (χ2n) is 4.71. The number of nitrogens with zero attached hydrogens (tertiary/aromatic N) is 3. The van der Waals surface area contributed by atoms with Crippen molar-refractivity contribution < 1.29 is 9.53 Å². The van der Waals surface area contributed by atoms with Crippen LogP contribution in [0.5, 0.6) is 0 Å². The van der Waals surface area contributed by atoms with E-state index in [9.17, 15) is 9.59 Å². The number of ether oxygens (including phenoxy) is 1. The molecule has 7 heteroatoms. The first-order chi connectivity index (χ1) is 10.6. The lowest BCUT2D eigenvalue weighted by Gasteiger charge is -2.01. The number of carbonyl (C=O) groups excluding carboxylic acids is 1. The van der Waals surface area contributed by atoms with E-state index < -0.39 is 5.97 Å². The summed E-state index contributed by atoms with van der Waals surface area (Å²) in [5, 5.41) is 4.85. The van der Waals surface area contributed by atoms with Crippen LogP contribution in [-0.4, -0.2) is 32.3 Å². The highest BCUT2D eigenvalue weighted by Gasteiger charge is 2.22. The Hall–Kier alpha value is -2.96. The summed E-state index contributed by atoms with van der Waals surface area (Å²) in [7, 11) is 0. The van der Waals surface area contributed by atoms with Gasteiger partial charge in [0.15, 0.2) is 11.5 Å². The Morgan fingerprint density at radius 1 is 1.41 bits per heavy atom. The molecule has 0 amide bonds.